The maximum Gasteiger partial charge on any atom is 0.433 e. The molecule has 5 aromatic rings. The van der Waals surface area contributed by atoms with Gasteiger partial charge in [0.05, 0.1) is 5.69 Å². The molecule has 5 rings (SSSR count). The number of nitrogens with zero attached hydrogens (tertiary/aromatic N) is 6. The summed E-state index contributed by atoms with van der Waals surface area (Å²) in [5.41, 5.74) is 2.41. The van der Waals surface area contributed by atoms with E-state index in [0.29, 0.717) is 15.8 Å². The van der Waals surface area contributed by atoms with Crippen LogP contribution in [0, 0.1) is 6.92 Å². The molecule has 1 aromatic carbocycles. The van der Waals surface area contributed by atoms with Crippen molar-refractivity contribution in [3.05, 3.63) is 102 Å². The number of pyridine rings is 2. The lowest BCUT2D eigenvalue weighted by Crippen LogP contribution is -2.16. The Kier molecular flexibility index (Phi) is 6.18. The Bertz CT molecular complexity index is 1550. The summed E-state index contributed by atoms with van der Waals surface area (Å²) in [6.07, 6.45) is -0.0259. The van der Waals surface area contributed by atoms with E-state index < -0.39 is 17.8 Å². The minimum absolute atomic E-state index is 0.0735. The van der Waals surface area contributed by atoms with Gasteiger partial charge < -0.3 is 5.32 Å². The first-order chi connectivity index (χ1) is 17.8. The number of aromatic nitrogens is 6. The molecule has 0 atom stereocenters. The third-order valence-corrected chi connectivity index (χ3v) is 5.44. The van der Waals surface area contributed by atoms with Crippen LogP contribution in [0.4, 0.5) is 19.0 Å². The molecule has 184 valence electrons. The number of alkyl halides is 3. The summed E-state index contributed by atoms with van der Waals surface area (Å²) in [6, 6.07) is 17.5. The molecule has 0 saturated heterocycles. The molecule has 0 saturated carbocycles. The molecule has 0 fully saturated rings. The second-order valence-corrected chi connectivity index (χ2v) is 8.07. The van der Waals surface area contributed by atoms with E-state index in [-0.39, 0.29) is 17.3 Å². The summed E-state index contributed by atoms with van der Waals surface area (Å²) in [4.78, 5) is 21.0. The van der Waals surface area contributed by atoms with E-state index in [9.17, 15) is 18.0 Å². The van der Waals surface area contributed by atoms with Crippen molar-refractivity contribution < 1.29 is 18.0 Å². The van der Waals surface area contributed by atoms with Crippen LogP contribution in [0.25, 0.3) is 28.2 Å². The fourth-order valence-electron chi connectivity index (χ4n) is 3.58. The third-order valence-electron chi connectivity index (χ3n) is 5.44. The molecule has 1 N–H and O–H groups in total. The number of nitrogens with one attached hydrogen (secondary N) is 1. The molecule has 0 radical (unpaired) electrons. The van der Waals surface area contributed by atoms with Crippen LogP contribution in [0.2, 0.25) is 0 Å². The maximum absolute atomic E-state index is 13.7. The van der Waals surface area contributed by atoms with Gasteiger partial charge in [0.1, 0.15) is 0 Å². The molecule has 4 heterocycles. The highest BCUT2D eigenvalue weighted by molar-refractivity contribution is 6.04. The Balaban J connectivity index is 1.38. The van der Waals surface area contributed by atoms with Crippen molar-refractivity contribution in [3.8, 4) is 28.2 Å². The van der Waals surface area contributed by atoms with Gasteiger partial charge in [-0.05, 0) is 61.0 Å². The summed E-state index contributed by atoms with van der Waals surface area (Å²) < 4.78 is 41.7. The summed E-state index contributed by atoms with van der Waals surface area (Å²) in [6.45, 7) is 1.88. The zero-order valence-corrected chi connectivity index (χ0v) is 19.3. The SMILES string of the molecule is Cc1ccc(-c2cccc(C(=O)Nc3ccc(-n4nc(-c5cccnc5)cc4C(F)(F)F)nn3)c2)cn1. The van der Waals surface area contributed by atoms with Crippen LogP contribution < -0.4 is 5.32 Å². The lowest BCUT2D eigenvalue weighted by atomic mass is 10.0. The van der Waals surface area contributed by atoms with Crippen LogP contribution in [-0.4, -0.2) is 35.9 Å². The van der Waals surface area contributed by atoms with E-state index in [4.69, 9.17) is 0 Å². The van der Waals surface area contributed by atoms with Crippen molar-refractivity contribution in [1.82, 2.24) is 29.9 Å². The van der Waals surface area contributed by atoms with Gasteiger partial charge in [0.25, 0.3) is 5.91 Å². The smallest absolute Gasteiger partial charge is 0.305 e. The van der Waals surface area contributed by atoms with Crippen molar-refractivity contribution in [2.75, 3.05) is 5.32 Å². The van der Waals surface area contributed by atoms with Gasteiger partial charge in [0.15, 0.2) is 17.3 Å². The number of anilines is 1. The Morgan fingerprint density at radius 2 is 1.73 bits per heavy atom. The van der Waals surface area contributed by atoms with Crippen molar-refractivity contribution in [2.45, 2.75) is 13.1 Å². The molecule has 0 aliphatic rings. The maximum atomic E-state index is 13.7. The normalized spacial score (nSPS) is 11.4. The molecule has 1 amide bonds. The van der Waals surface area contributed by atoms with Gasteiger partial charge in [-0.25, -0.2) is 4.68 Å². The molecular formula is C26H18F3N7O. The lowest BCUT2D eigenvalue weighted by Gasteiger charge is -2.10. The first-order valence-corrected chi connectivity index (χ1v) is 11.0. The predicted molar refractivity (Wildman–Crippen MR) is 130 cm³/mol. The van der Waals surface area contributed by atoms with Gasteiger partial charge >= 0.3 is 6.18 Å². The minimum atomic E-state index is -4.68. The molecule has 8 nitrogen and oxygen atoms in total. The lowest BCUT2D eigenvalue weighted by molar-refractivity contribution is -0.142. The second-order valence-electron chi connectivity index (χ2n) is 8.07. The summed E-state index contributed by atoms with van der Waals surface area (Å²) in [7, 11) is 0. The van der Waals surface area contributed by atoms with Crippen molar-refractivity contribution in [2.24, 2.45) is 0 Å². The van der Waals surface area contributed by atoms with Crippen molar-refractivity contribution >= 4 is 11.7 Å². The molecule has 37 heavy (non-hydrogen) atoms. The Labute approximate surface area is 208 Å². The molecular weight excluding hydrogens is 483 g/mol. The quantitative estimate of drug-likeness (QED) is 0.348. The fourth-order valence-corrected chi connectivity index (χ4v) is 3.58. The molecule has 0 bridgehead atoms. The third kappa shape index (κ3) is 5.20. The Hall–Kier alpha value is -4.93. The zero-order chi connectivity index (χ0) is 26.0. The van der Waals surface area contributed by atoms with Crippen LogP contribution in [0.15, 0.2) is 85.3 Å². The van der Waals surface area contributed by atoms with E-state index in [0.717, 1.165) is 22.9 Å². The number of amides is 1. The monoisotopic (exact) mass is 501 g/mol. The first kappa shape index (κ1) is 23.8. The van der Waals surface area contributed by atoms with E-state index in [1.54, 1.807) is 36.5 Å². The van der Waals surface area contributed by atoms with Crippen LogP contribution in [0.1, 0.15) is 21.7 Å². The van der Waals surface area contributed by atoms with E-state index in [2.05, 4.69) is 30.6 Å². The van der Waals surface area contributed by atoms with Gasteiger partial charge in [0.2, 0.25) is 0 Å². The molecule has 0 unspecified atom stereocenters. The van der Waals surface area contributed by atoms with Crippen molar-refractivity contribution in [1.29, 1.82) is 0 Å². The molecule has 0 aliphatic heterocycles. The fraction of sp³-hybridized carbons (Fsp3) is 0.0769. The largest absolute Gasteiger partial charge is 0.433 e. The number of hydrogen-bond acceptors (Lipinski definition) is 6. The second kappa shape index (κ2) is 9.61. The Morgan fingerprint density at radius 1 is 0.892 bits per heavy atom. The van der Waals surface area contributed by atoms with Gasteiger partial charge in [-0.2, -0.15) is 18.3 Å². The summed E-state index contributed by atoms with van der Waals surface area (Å²) >= 11 is 0. The highest BCUT2D eigenvalue weighted by atomic mass is 19.4. The number of aryl methyl sites for hydroxylation is 1. The average Bonchev–Trinajstić information content (AvgIpc) is 3.37. The number of hydrogen-bond donors (Lipinski definition) is 1. The van der Waals surface area contributed by atoms with Crippen LogP contribution in [0.3, 0.4) is 0 Å². The Morgan fingerprint density at radius 3 is 2.41 bits per heavy atom. The van der Waals surface area contributed by atoms with E-state index >= 15 is 0 Å². The standard InChI is InChI=1S/C26H18F3N7O/c1-16-7-8-19(15-31-16)17-4-2-5-18(12-17)25(37)32-23-9-10-24(34-33-23)36-22(26(27,28)29)13-21(35-36)20-6-3-11-30-14-20/h2-15H,1H3,(H,32,33,37). The molecule has 0 spiro atoms. The topological polar surface area (TPSA) is 98.5 Å². The minimum Gasteiger partial charge on any atom is -0.305 e. The van der Waals surface area contributed by atoms with Crippen LogP contribution in [0.5, 0.6) is 0 Å². The number of benzene rings is 1. The summed E-state index contributed by atoms with van der Waals surface area (Å²) in [5.74, 6) is -0.531. The van der Waals surface area contributed by atoms with Gasteiger partial charge in [-0.3, -0.25) is 14.8 Å². The number of carbonyl (C=O) groups is 1. The van der Waals surface area contributed by atoms with Gasteiger partial charge in [-0.1, -0.05) is 18.2 Å². The van der Waals surface area contributed by atoms with Crippen LogP contribution >= 0.6 is 0 Å². The molecule has 0 aliphatic carbocycles. The first-order valence-electron chi connectivity index (χ1n) is 11.0. The zero-order valence-electron chi connectivity index (χ0n) is 19.3. The van der Waals surface area contributed by atoms with Crippen LogP contribution in [-0.2, 0) is 6.18 Å². The highest BCUT2D eigenvalue weighted by Gasteiger charge is 2.37. The predicted octanol–water partition coefficient (Wildman–Crippen LogP) is 5.37. The average molecular weight is 501 g/mol. The van der Waals surface area contributed by atoms with Gasteiger partial charge in [-0.15, -0.1) is 10.2 Å². The number of rotatable bonds is 5. The number of halogens is 3. The highest BCUT2D eigenvalue weighted by Crippen LogP contribution is 2.33. The van der Waals surface area contributed by atoms with E-state index in [1.165, 1.54) is 24.5 Å². The molecule has 11 heteroatoms. The van der Waals surface area contributed by atoms with E-state index in [1.807, 2.05) is 25.1 Å². The van der Waals surface area contributed by atoms with Gasteiger partial charge in [0, 0.05) is 41.0 Å². The molecule has 4 aromatic heterocycles. The summed E-state index contributed by atoms with van der Waals surface area (Å²) in [5, 5.41) is 14.4. The van der Waals surface area contributed by atoms with Crippen molar-refractivity contribution in [3.63, 3.8) is 0 Å². The number of carbonyl (C=O) groups excluding carboxylic acids is 1.